The number of aryl methyl sites for hydroxylation is 1. The maximum atomic E-state index is 5.70. The van der Waals surface area contributed by atoms with E-state index < -0.39 is 0 Å². The van der Waals surface area contributed by atoms with E-state index in [1.807, 2.05) is 0 Å². The first-order valence-corrected chi connectivity index (χ1v) is 8.68. The van der Waals surface area contributed by atoms with Crippen LogP contribution in [0.3, 0.4) is 0 Å². The number of nitrogens with two attached hydrogens (primary N) is 1. The second-order valence-electron chi connectivity index (χ2n) is 7.00. The highest BCUT2D eigenvalue weighted by molar-refractivity contribution is 5.83. The van der Waals surface area contributed by atoms with Crippen molar-refractivity contribution in [2.45, 2.75) is 51.4 Å². The standard InChI is InChI=1S/C18H29N5/c1-13(20-15-6-7-15)18-16-8-5-14(12-22(2)3)11-17(16)23(21-18)10-4-9-19/h5,8,11,13,15,20H,4,6-7,9-10,12,19H2,1-3H3. The summed E-state index contributed by atoms with van der Waals surface area (Å²) in [6, 6.07) is 7.73. The number of nitrogens with zero attached hydrogens (tertiary/aromatic N) is 3. The van der Waals surface area contributed by atoms with Crippen molar-refractivity contribution in [3.05, 3.63) is 29.5 Å². The van der Waals surface area contributed by atoms with Crippen LogP contribution in [0.2, 0.25) is 0 Å². The van der Waals surface area contributed by atoms with Gasteiger partial charge in [-0.3, -0.25) is 4.68 Å². The number of nitrogens with one attached hydrogen (secondary N) is 1. The van der Waals surface area contributed by atoms with Gasteiger partial charge < -0.3 is 16.0 Å². The smallest absolute Gasteiger partial charge is 0.0869 e. The molecule has 1 heterocycles. The zero-order valence-corrected chi connectivity index (χ0v) is 14.5. The van der Waals surface area contributed by atoms with Crippen LogP contribution < -0.4 is 11.1 Å². The molecular formula is C18H29N5. The molecule has 2 aromatic rings. The molecule has 1 aliphatic carbocycles. The summed E-state index contributed by atoms with van der Waals surface area (Å²) in [5, 5.41) is 9.85. The zero-order chi connectivity index (χ0) is 16.4. The van der Waals surface area contributed by atoms with Crippen molar-refractivity contribution < 1.29 is 0 Å². The summed E-state index contributed by atoms with van der Waals surface area (Å²) in [6.07, 6.45) is 3.55. The average Bonchev–Trinajstić information content (AvgIpc) is 3.24. The molecule has 23 heavy (non-hydrogen) atoms. The van der Waals surface area contributed by atoms with E-state index in [0.717, 1.165) is 19.5 Å². The molecule has 1 aromatic heterocycles. The molecule has 0 bridgehead atoms. The van der Waals surface area contributed by atoms with Gasteiger partial charge in [-0.1, -0.05) is 12.1 Å². The van der Waals surface area contributed by atoms with Gasteiger partial charge in [0.1, 0.15) is 0 Å². The van der Waals surface area contributed by atoms with E-state index in [1.54, 1.807) is 0 Å². The van der Waals surface area contributed by atoms with Gasteiger partial charge in [-0.25, -0.2) is 0 Å². The van der Waals surface area contributed by atoms with E-state index in [0.29, 0.717) is 18.6 Å². The molecular weight excluding hydrogens is 286 g/mol. The Labute approximate surface area is 138 Å². The van der Waals surface area contributed by atoms with Crippen molar-refractivity contribution in [3.8, 4) is 0 Å². The van der Waals surface area contributed by atoms with E-state index in [9.17, 15) is 0 Å². The largest absolute Gasteiger partial charge is 0.330 e. The second-order valence-corrected chi connectivity index (χ2v) is 7.00. The number of hydrogen-bond donors (Lipinski definition) is 2. The minimum Gasteiger partial charge on any atom is -0.330 e. The molecule has 1 aliphatic rings. The second kappa shape index (κ2) is 6.99. The number of benzene rings is 1. The molecule has 0 amide bonds. The van der Waals surface area contributed by atoms with Crippen LogP contribution in [0, 0.1) is 0 Å². The molecule has 0 radical (unpaired) electrons. The van der Waals surface area contributed by atoms with Crippen LogP contribution in [-0.4, -0.2) is 41.4 Å². The lowest BCUT2D eigenvalue weighted by molar-refractivity contribution is 0.402. The first kappa shape index (κ1) is 16.4. The molecule has 1 unspecified atom stereocenters. The molecule has 0 aliphatic heterocycles. The fourth-order valence-corrected chi connectivity index (χ4v) is 3.12. The van der Waals surface area contributed by atoms with E-state index in [1.165, 1.54) is 35.0 Å². The van der Waals surface area contributed by atoms with Crippen LogP contribution in [0.5, 0.6) is 0 Å². The first-order chi connectivity index (χ1) is 11.1. The van der Waals surface area contributed by atoms with Crippen molar-refractivity contribution in [1.29, 1.82) is 0 Å². The summed E-state index contributed by atoms with van der Waals surface area (Å²) in [7, 11) is 4.20. The molecule has 3 N–H and O–H groups in total. The van der Waals surface area contributed by atoms with Crippen LogP contribution >= 0.6 is 0 Å². The topological polar surface area (TPSA) is 59.1 Å². The summed E-state index contributed by atoms with van der Waals surface area (Å²) in [5.41, 5.74) is 9.42. The van der Waals surface area contributed by atoms with Gasteiger partial charge in [-0.15, -0.1) is 0 Å². The Bertz CT molecular complexity index is 657. The van der Waals surface area contributed by atoms with Crippen molar-refractivity contribution in [2.75, 3.05) is 20.6 Å². The van der Waals surface area contributed by atoms with E-state index in [2.05, 4.69) is 54.1 Å². The van der Waals surface area contributed by atoms with E-state index in [-0.39, 0.29) is 0 Å². The fourth-order valence-electron chi connectivity index (χ4n) is 3.12. The lowest BCUT2D eigenvalue weighted by atomic mass is 10.1. The fraction of sp³-hybridized carbons (Fsp3) is 0.611. The quantitative estimate of drug-likeness (QED) is 0.784. The van der Waals surface area contributed by atoms with Gasteiger partial charge in [0.25, 0.3) is 0 Å². The minimum absolute atomic E-state index is 0.295. The minimum atomic E-state index is 0.295. The Morgan fingerprint density at radius 1 is 1.39 bits per heavy atom. The highest BCUT2D eigenvalue weighted by atomic mass is 15.3. The summed E-state index contributed by atoms with van der Waals surface area (Å²) in [6.45, 7) is 4.75. The summed E-state index contributed by atoms with van der Waals surface area (Å²) >= 11 is 0. The number of fused-ring (bicyclic) bond motifs is 1. The van der Waals surface area contributed by atoms with Gasteiger partial charge in [-0.2, -0.15) is 5.10 Å². The molecule has 1 atom stereocenters. The zero-order valence-electron chi connectivity index (χ0n) is 14.5. The van der Waals surface area contributed by atoms with Crippen molar-refractivity contribution >= 4 is 10.9 Å². The van der Waals surface area contributed by atoms with Gasteiger partial charge in [-0.05, 0) is 58.5 Å². The molecule has 1 aromatic carbocycles. The maximum Gasteiger partial charge on any atom is 0.0869 e. The van der Waals surface area contributed by atoms with Gasteiger partial charge in [0.05, 0.1) is 11.2 Å². The van der Waals surface area contributed by atoms with Crippen LogP contribution in [0.25, 0.3) is 10.9 Å². The summed E-state index contributed by atoms with van der Waals surface area (Å²) in [5.74, 6) is 0. The van der Waals surface area contributed by atoms with Crippen LogP contribution in [0.4, 0.5) is 0 Å². The molecule has 3 rings (SSSR count). The predicted octanol–water partition coefficient (Wildman–Crippen LogP) is 2.26. The Kier molecular flexibility index (Phi) is 4.99. The van der Waals surface area contributed by atoms with Gasteiger partial charge in [0.2, 0.25) is 0 Å². The number of aromatic nitrogens is 2. The van der Waals surface area contributed by atoms with Crippen molar-refractivity contribution in [1.82, 2.24) is 20.0 Å². The van der Waals surface area contributed by atoms with Gasteiger partial charge >= 0.3 is 0 Å². The third-order valence-electron chi connectivity index (χ3n) is 4.39. The van der Waals surface area contributed by atoms with Crippen LogP contribution in [0.15, 0.2) is 18.2 Å². The molecule has 5 nitrogen and oxygen atoms in total. The Hall–Kier alpha value is -1.43. The normalized spacial score (nSPS) is 16.4. The monoisotopic (exact) mass is 315 g/mol. The number of hydrogen-bond acceptors (Lipinski definition) is 4. The average molecular weight is 315 g/mol. The van der Waals surface area contributed by atoms with Crippen molar-refractivity contribution in [2.24, 2.45) is 5.73 Å². The Morgan fingerprint density at radius 2 is 2.17 bits per heavy atom. The predicted molar refractivity (Wildman–Crippen MR) is 95.4 cm³/mol. The molecule has 1 saturated carbocycles. The molecule has 1 fully saturated rings. The van der Waals surface area contributed by atoms with Crippen LogP contribution in [-0.2, 0) is 13.1 Å². The maximum absolute atomic E-state index is 5.70. The van der Waals surface area contributed by atoms with E-state index in [4.69, 9.17) is 10.8 Å². The third-order valence-corrected chi connectivity index (χ3v) is 4.39. The highest BCUT2D eigenvalue weighted by Crippen LogP contribution is 2.29. The lowest BCUT2D eigenvalue weighted by Gasteiger charge is -2.11. The first-order valence-electron chi connectivity index (χ1n) is 8.68. The summed E-state index contributed by atoms with van der Waals surface area (Å²) < 4.78 is 2.14. The highest BCUT2D eigenvalue weighted by Gasteiger charge is 2.25. The number of rotatable bonds is 8. The van der Waals surface area contributed by atoms with Gasteiger partial charge in [0.15, 0.2) is 0 Å². The molecule has 0 saturated heterocycles. The lowest BCUT2D eigenvalue weighted by Crippen LogP contribution is -2.21. The molecule has 5 heteroatoms. The van der Waals surface area contributed by atoms with E-state index >= 15 is 0 Å². The Balaban J connectivity index is 1.95. The third kappa shape index (κ3) is 3.91. The Morgan fingerprint density at radius 3 is 2.83 bits per heavy atom. The molecule has 126 valence electrons. The van der Waals surface area contributed by atoms with Gasteiger partial charge in [0, 0.05) is 30.6 Å². The van der Waals surface area contributed by atoms with Crippen LogP contribution in [0.1, 0.15) is 43.5 Å². The SMILES string of the molecule is CC(NC1CC1)c1nn(CCCN)c2cc(CN(C)C)ccc12. The molecule has 0 spiro atoms. The summed E-state index contributed by atoms with van der Waals surface area (Å²) in [4.78, 5) is 2.19. The van der Waals surface area contributed by atoms with Crippen molar-refractivity contribution in [3.63, 3.8) is 0 Å².